The van der Waals surface area contributed by atoms with Gasteiger partial charge in [0.1, 0.15) is 19.8 Å². The number of nitrogens with zero attached hydrogens (tertiary/aromatic N) is 1. The third-order valence-electron chi connectivity index (χ3n) is 10.2. The predicted octanol–water partition coefficient (Wildman–Crippen LogP) is 13.9. The van der Waals surface area contributed by atoms with Crippen LogP contribution in [0.4, 0.5) is 0 Å². The number of likely N-dealkylation sites (N-methyl/N-ethyl adjacent to an activating group) is 1. The van der Waals surface area contributed by atoms with Gasteiger partial charge in [0.05, 0.1) is 27.7 Å². The highest BCUT2D eigenvalue weighted by molar-refractivity contribution is 7.45. The average Bonchev–Trinajstić information content (AvgIpc) is 3.23. The van der Waals surface area contributed by atoms with Gasteiger partial charge in [0, 0.05) is 12.8 Å². The van der Waals surface area contributed by atoms with Gasteiger partial charge in [-0.1, -0.05) is 189 Å². The van der Waals surface area contributed by atoms with Crippen molar-refractivity contribution in [3.05, 3.63) is 72.9 Å². The lowest BCUT2D eigenvalue weighted by atomic mass is 10.0. The summed E-state index contributed by atoms with van der Waals surface area (Å²) in [5.74, 6) is -0.863. The molecule has 2 atom stereocenters. The first-order valence-corrected chi connectivity index (χ1v) is 26.1. The Morgan fingerprint density at radius 3 is 1.37 bits per heavy atom. The molecule has 0 saturated heterocycles. The molecule has 358 valence electrons. The van der Waals surface area contributed by atoms with E-state index in [0.717, 1.165) is 83.5 Å². The first kappa shape index (κ1) is 59.5. The number of phosphoric acid groups is 1. The Labute approximate surface area is 380 Å². The summed E-state index contributed by atoms with van der Waals surface area (Å²) in [6.07, 6.45) is 55.0. The minimum absolute atomic E-state index is 0.0386. The summed E-state index contributed by atoms with van der Waals surface area (Å²) in [5, 5.41) is 0. The summed E-state index contributed by atoms with van der Waals surface area (Å²) >= 11 is 0. The zero-order chi connectivity index (χ0) is 45.7. The van der Waals surface area contributed by atoms with Crippen molar-refractivity contribution in [1.29, 1.82) is 0 Å². The van der Waals surface area contributed by atoms with Gasteiger partial charge < -0.3 is 27.9 Å². The fourth-order valence-corrected chi connectivity index (χ4v) is 7.15. The second-order valence-corrected chi connectivity index (χ2v) is 18.9. The van der Waals surface area contributed by atoms with Crippen LogP contribution < -0.4 is 4.89 Å². The molecule has 10 heteroatoms. The lowest BCUT2D eigenvalue weighted by Crippen LogP contribution is -2.37. The Kier molecular flexibility index (Phi) is 41.9. The Balaban J connectivity index is 4.35. The van der Waals surface area contributed by atoms with Crippen LogP contribution in [-0.4, -0.2) is 70.0 Å². The van der Waals surface area contributed by atoms with E-state index in [4.69, 9.17) is 18.5 Å². The molecular weight excluding hydrogens is 798 g/mol. The monoisotopic (exact) mass is 890 g/mol. The van der Waals surface area contributed by atoms with E-state index in [1.165, 1.54) is 77.0 Å². The maximum absolute atomic E-state index is 12.7. The number of quaternary nitrogens is 1. The molecule has 62 heavy (non-hydrogen) atoms. The molecule has 0 amide bonds. The van der Waals surface area contributed by atoms with Crippen molar-refractivity contribution in [2.45, 2.75) is 200 Å². The topological polar surface area (TPSA) is 111 Å². The molecule has 9 nitrogen and oxygen atoms in total. The van der Waals surface area contributed by atoms with Crippen LogP contribution in [0.2, 0.25) is 0 Å². The number of phosphoric ester groups is 1. The summed E-state index contributed by atoms with van der Waals surface area (Å²) < 4.78 is 34.0. The summed E-state index contributed by atoms with van der Waals surface area (Å²) in [4.78, 5) is 37.7. The maximum atomic E-state index is 12.7. The molecule has 0 spiro atoms. The molecule has 0 fully saturated rings. The molecule has 0 radical (unpaired) electrons. The molecular formula is C52H92NO8P. The summed E-state index contributed by atoms with van der Waals surface area (Å²) in [6.45, 7) is 4.09. The zero-order valence-electron chi connectivity index (χ0n) is 40.3. The fraction of sp³-hybridized carbons (Fsp3) is 0.731. The zero-order valence-corrected chi connectivity index (χ0v) is 41.2. The van der Waals surface area contributed by atoms with E-state index in [1.54, 1.807) is 0 Å². The Bertz CT molecular complexity index is 1280. The van der Waals surface area contributed by atoms with E-state index < -0.39 is 32.5 Å². The van der Waals surface area contributed by atoms with Crippen molar-refractivity contribution in [3.63, 3.8) is 0 Å². The van der Waals surface area contributed by atoms with Gasteiger partial charge in [-0.3, -0.25) is 14.2 Å². The summed E-state index contributed by atoms with van der Waals surface area (Å²) in [7, 11) is 1.14. The molecule has 0 bridgehead atoms. The van der Waals surface area contributed by atoms with E-state index in [0.29, 0.717) is 17.4 Å². The van der Waals surface area contributed by atoms with E-state index >= 15 is 0 Å². The summed E-state index contributed by atoms with van der Waals surface area (Å²) in [6, 6.07) is 0. The SMILES string of the molecule is CC/C=C\C/C=C\C/C=C\C/C=C\C/C=C\C/C=C\CCCCCCC(=O)OC(COC(=O)CCCCCCCCCCCCCCCCC)COP(=O)([O-])OCC[N+](C)(C)C. The van der Waals surface area contributed by atoms with Gasteiger partial charge in [0.25, 0.3) is 7.82 Å². The van der Waals surface area contributed by atoms with E-state index in [1.807, 2.05) is 21.1 Å². The molecule has 0 aliphatic carbocycles. The first-order valence-electron chi connectivity index (χ1n) is 24.6. The van der Waals surface area contributed by atoms with Gasteiger partial charge in [-0.05, 0) is 64.2 Å². The van der Waals surface area contributed by atoms with Crippen molar-refractivity contribution in [1.82, 2.24) is 0 Å². The Hall–Kier alpha value is -2.55. The number of esters is 2. The largest absolute Gasteiger partial charge is 0.756 e. The molecule has 0 rings (SSSR count). The number of carbonyl (C=O) groups is 2. The standard InChI is InChI=1S/C52H92NO8P/c1-6-8-10-12-14-16-18-20-22-23-24-25-26-27-28-29-31-33-35-37-39-41-43-45-52(55)61-50(49-60-62(56,57)59-47-46-53(3,4)5)48-58-51(54)44-42-40-38-36-34-32-30-21-19-17-15-13-11-9-7-2/h8,10,14,16,20,22,24-25,27-28,31,33,50H,6-7,9,11-13,15,17-19,21,23,26,29-30,32,34-49H2,1-5H3/b10-8-,16-14-,22-20-,25-24-,28-27-,33-31-. The van der Waals surface area contributed by atoms with Crippen LogP contribution in [0.25, 0.3) is 0 Å². The van der Waals surface area contributed by atoms with Crippen LogP contribution in [0, 0.1) is 0 Å². The van der Waals surface area contributed by atoms with Crippen LogP contribution in [0.1, 0.15) is 194 Å². The molecule has 0 aliphatic rings. The molecule has 0 heterocycles. The minimum atomic E-state index is -4.64. The Morgan fingerprint density at radius 1 is 0.516 bits per heavy atom. The molecule has 0 aromatic heterocycles. The summed E-state index contributed by atoms with van der Waals surface area (Å²) in [5.41, 5.74) is 0. The highest BCUT2D eigenvalue weighted by Gasteiger charge is 2.21. The van der Waals surface area contributed by atoms with Gasteiger partial charge in [0.2, 0.25) is 0 Å². The number of hydrogen-bond donors (Lipinski definition) is 0. The molecule has 0 saturated carbocycles. The molecule has 0 aromatic rings. The van der Waals surface area contributed by atoms with Gasteiger partial charge in [-0.15, -0.1) is 0 Å². The number of allylic oxidation sites excluding steroid dienone is 12. The van der Waals surface area contributed by atoms with Crippen molar-refractivity contribution in [3.8, 4) is 0 Å². The lowest BCUT2D eigenvalue weighted by molar-refractivity contribution is -0.870. The molecule has 0 aromatic carbocycles. The highest BCUT2D eigenvalue weighted by atomic mass is 31.2. The van der Waals surface area contributed by atoms with Crippen molar-refractivity contribution >= 4 is 19.8 Å². The van der Waals surface area contributed by atoms with Crippen LogP contribution in [0.3, 0.4) is 0 Å². The van der Waals surface area contributed by atoms with E-state index in [-0.39, 0.29) is 26.1 Å². The van der Waals surface area contributed by atoms with Gasteiger partial charge >= 0.3 is 11.9 Å². The van der Waals surface area contributed by atoms with Crippen molar-refractivity contribution in [2.75, 3.05) is 47.5 Å². The highest BCUT2D eigenvalue weighted by Crippen LogP contribution is 2.38. The smallest absolute Gasteiger partial charge is 0.306 e. The number of carbonyl (C=O) groups excluding carboxylic acids is 2. The first-order chi connectivity index (χ1) is 30.0. The number of hydrogen-bond acceptors (Lipinski definition) is 8. The van der Waals surface area contributed by atoms with Crippen LogP contribution in [-0.2, 0) is 32.7 Å². The van der Waals surface area contributed by atoms with Crippen LogP contribution in [0.5, 0.6) is 0 Å². The third kappa shape index (κ3) is 46.9. The van der Waals surface area contributed by atoms with Crippen LogP contribution in [0.15, 0.2) is 72.9 Å². The second kappa shape index (κ2) is 43.7. The van der Waals surface area contributed by atoms with E-state index in [9.17, 15) is 19.0 Å². The van der Waals surface area contributed by atoms with Gasteiger partial charge in [-0.2, -0.15) is 0 Å². The molecule has 2 unspecified atom stereocenters. The third-order valence-corrected chi connectivity index (χ3v) is 11.2. The fourth-order valence-electron chi connectivity index (χ4n) is 6.42. The van der Waals surface area contributed by atoms with Crippen molar-refractivity contribution < 1.29 is 42.1 Å². The lowest BCUT2D eigenvalue weighted by Gasteiger charge is -2.28. The quantitative estimate of drug-likeness (QED) is 0.0195. The second-order valence-electron chi connectivity index (χ2n) is 17.5. The number of ether oxygens (including phenoxy) is 2. The van der Waals surface area contributed by atoms with Crippen molar-refractivity contribution in [2.24, 2.45) is 0 Å². The number of rotatable bonds is 44. The molecule has 0 N–H and O–H groups in total. The number of unbranched alkanes of at least 4 members (excludes halogenated alkanes) is 18. The molecule has 0 aliphatic heterocycles. The Morgan fingerprint density at radius 2 is 0.919 bits per heavy atom. The predicted molar refractivity (Wildman–Crippen MR) is 259 cm³/mol. The minimum Gasteiger partial charge on any atom is -0.756 e. The van der Waals surface area contributed by atoms with E-state index in [2.05, 4.69) is 86.8 Å². The average molecular weight is 890 g/mol. The van der Waals surface area contributed by atoms with Gasteiger partial charge in [0.15, 0.2) is 6.10 Å². The van der Waals surface area contributed by atoms with Gasteiger partial charge in [-0.25, -0.2) is 0 Å². The van der Waals surface area contributed by atoms with Crippen LogP contribution >= 0.6 is 7.82 Å². The maximum Gasteiger partial charge on any atom is 0.306 e. The normalized spacial score (nSPS) is 14.1.